The van der Waals surface area contributed by atoms with E-state index < -0.39 is 10.8 Å². The maximum atomic E-state index is 12.5. The molecular weight excluding hydrogens is 290 g/mol. The second kappa shape index (κ2) is 6.12. The van der Waals surface area contributed by atoms with E-state index in [9.17, 15) is 14.3 Å². The Morgan fingerprint density at radius 3 is 2.55 bits per heavy atom. The van der Waals surface area contributed by atoms with Crippen molar-refractivity contribution in [3.63, 3.8) is 0 Å². The highest BCUT2D eigenvalue weighted by Crippen LogP contribution is 2.32. The molecule has 3 nitrogen and oxygen atoms in total. The zero-order valence-corrected chi connectivity index (χ0v) is 12.8. The molecule has 0 aliphatic heterocycles. The first-order valence-corrected chi connectivity index (χ1v) is 8.25. The van der Waals surface area contributed by atoms with Crippen molar-refractivity contribution in [2.45, 2.75) is 18.1 Å². The molecule has 0 bridgehead atoms. The zero-order chi connectivity index (χ0) is 14.7. The molecule has 102 valence electrons. The maximum Gasteiger partial charge on any atom is 0.203 e. The SMILES string of the molecule is CCS(=O)c1sc(C(=O)c2ccccc2)c(C)c1C#N. The van der Waals surface area contributed by atoms with Crippen LogP contribution in [0.15, 0.2) is 34.5 Å². The van der Waals surface area contributed by atoms with E-state index in [-0.39, 0.29) is 5.78 Å². The Kier molecular flexibility index (Phi) is 4.48. The number of benzene rings is 1. The molecule has 0 aliphatic carbocycles. The maximum absolute atomic E-state index is 12.5. The smallest absolute Gasteiger partial charge is 0.203 e. The fourth-order valence-corrected chi connectivity index (χ4v) is 4.46. The van der Waals surface area contributed by atoms with Crippen molar-refractivity contribution in [1.82, 2.24) is 0 Å². The lowest BCUT2D eigenvalue weighted by molar-refractivity contribution is 0.104. The summed E-state index contributed by atoms with van der Waals surface area (Å²) in [5, 5.41) is 9.22. The van der Waals surface area contributed by atoms with Crippen molar-refractivity contribution in [3.05, 3.63) is 51.9 Å². The highest BCUT2D eigenvalue weighted by atomic mass is 32.2. The summed E-state index contributed by atoms with van der Waals surface area (Å²) in [5.41, 5.74) is 1.59. The summed E-state index contributed by atoms with van der Waals surface area (Å²) in [6.07, 6.45) is 0. The summed E-state index contributed by atoms with van der Waals surface area (Å²) in [5.74, 6) is 0.317. The Labute approximate surface area is 124 Å². The van der Waals surface area contributed by atoms with E-state index >= 15 is 0 Å². The highest BCUT2D eigenvalue weighted by molar-refractivity contribution is 7.87. The van der Waals surface area contributed by atoms with Crippen molar-refractivity contribution in [3.8, 4) is 6.07 Å². The van der Waals surface area contributed by atoms with Gasteiger partial charge in [0.15, 0.2) is 0 Å². The summed E-state index contributed by atoms with van der Waals surface area (Å²) in [7, 11) is -1.22. The number of hydrogen-bond donors (Lipinski definition) is 0. The summed E-state index contributed by atoms with van der Waals surface area (Å²) in [4.78, 5) is 13.0. The Morgan fingerprint density at radius 2 is 2.00 bits per heavy atom. The van der Waals surface area contributed by atoms with Crippen LogP contribution in [0.25, 0.3) is 0 Å². The Hall–Kier alpha value is -1.77. The highest BCUT2D eigenvalue weighted by Gasteiger charge is 2.23. The topological polar surface area (TPSA) is 57.9 Å². The van der Waals surface area contributed by atoms with Crippen LogP contribution >= 0.6 is 11.3 Å². The molecule has 0 amide bonds. The minimum Gasteiger partial charge on any atom is -0.288 e. The molecule has 1 unspecified atom stereocenters. The van der Waals surface area contributed by atoms with E-state index in [4.69, 9.17) is 0 Å². The van der Waals surface area contributed by atoms with Gasteiger partial charge in [-0.2, -0.15) is 5.26 Å². The van der Waals surface area contributed by atoms with Gasteiger partial charge in [0.25, 0.3) is 0 Å². The Morgan fingerprint density at radius 1 is 1.35 bits per heavy atom. The first-order chi connectivity index (χ1) is 9.60. The van der Waals surface area contributed by atoms with Gasteiger partial charge in [-0.1, -0.05) is 37.3 Å². The average Bonchev–Trinajstić information content (AvgIpc) is 2.83. The number of rotatable bonds is 4. The number of nitriles is 1. The molecule has 2 aromatic rings. The van der Waals surface area contributed by atoms with E-state index in [1.54, 1.807) is 38.1 Å². The van der Waals surface area contributed by atoms with Gasteiger partial charge in [0.05, 0.1) is 21.2 Å². The molecule has 1 aromatic carbocycles. The normalized spacial score (nSPS) is 11.8. The van der Waals surface area contributed by atoms with E-state index in [1.807, 2.05) is 6.07 Å². The van der Waals surface area contributed by atoms with Crippen LogP contribution in [0.5, 0.6) is 0 Å². The van der Waals surface area contributed by atoms with E-state index in [1.165, 1.54) is 11.3 Å². The molecule has 0 radical (unpaired) electrons. The van der Waals surface area contributed by atoms with Gasteiger partial charge in [0, 0.05) is 11.3 Å². The minimum absolute atomic E-state index is 0.121. The summed E-state index contributed by atoms with van der Waals surface area (Å²) in [6.45, 7) is 3.53. The van der Waals surface area contributed by atoms with E-state index in [0.717, 1.165) is 0 Å². The average molecular weight is 303 g/mol. The number of ketones is 1. The minimum atomic E-state index is -1.22. The number of hydrogen-bond acceptors (Lipinski definition) is 4. The van der Waals surface area contributed by atoms with Crippen LogP contribution < -0.4 is 0 Å². The summed E-state index contributed by atoms with van der Waals surface area (Å²) in [6, 6.07) is 11.0. The van der Waals surface area contributed by atoms with Gasteiger partial charge in [0.2, 0.25) is 5.78 Å². The van der Waals surface area contributed by atoms with Crippen LogP contribution in [0.3, 0.4) is 0 Å². The second-order valence-corrected chi connectivity index (χ2v) is 7.12. The molecule has 1 aromatic heterocycles. The van der Waals surface area contributed by atoms with Crippen LogP contribution in [-0.4, -0.2) is 15.7 Å². The van der Waals surface area contributed by atoms with Gasteiger partial charge in [-0.25, -0.2) is 0 Å². The van der Waals surface area contributed by atoms with Gasteiger partial charge in [-0.05, 0) is 12.5 Å². The van der Waals surface area contributed by atoms with Crippen molar-refractivity contribution < 1.29 is 9.00 Å². The zero-order valence-electron chi connectivity index (χ0n) is 11.2. The van der Waals surface area contributed by atoms with Gasteiger partial charge >= 0.3 is 0 Å². The molecule has 0 saturated carbocycles. The molecule has 0 aliphatic rings. The molecule has 0 saturated heterocycles. The van der Waals surface area contributed by atoms with Gasteiger partial charge in [-0.3, -0.25) is 9.00 Å². The Balaban J connectivity index is 2.54. The van der Waals surface area contributed by atoms with E-state index in [2.05, 4.69) is 6.07 Å². The molecule has 20 heavy (non-hydrogen) atoms. The van der Waals surface area contributed by atoms with Gasteiger partial charge in [0.1, 0.15) is 10.3 Å². The number of carbonyl (C=O) groups is 1. The fraction of sp³-hybridized carbons (Fsp3) is 0.200. The number of thiophene rings is 1. The molecular formula is C15H13NO2S2. The molecule has 1 heterocycles. The predicted molar refractivity (Wildman–Crippen MR) is 80.6 cm³/mol. The predicted octanol–water partition coefficient (Wildman–Crippen LogP) is 3.29. The Bertz CT molecular complexity index is 711. The largest absolute Gasteiger partial charge is 0.288 e. The number of carbonyl (C=O) groups excluding carboxylic acids is 1. The molecule has 0 spiro atoms. The third-order valence-corrected chi connectivity index (χ3v) is 5.97. The number of nitrogens with zero attached hydrogens (tertiary/aromatic N) is 1. The summed E-state index contributed by atoms with van der Waals surface area (Å²) < 4.78 is 12.5. The van der Waals surface area contributed by atoms with Crippen LogP contribution in [0.2, 0.25) is 0 Å². The molecule has 1 atom stereocenters. The van der Waals surface area contributed by atoms with Crippen molar-refractivity contribution in [2.75, 3.05) is 5.75 Å². The lowest BCUT2D eigenvalue weighted by Crippen LogP contribution is -2.00. The van der Waals surface area contributed by atoms with Crippen LogP contribution in [0.4, 0.5) is 0 Å². The van der Waals surface area contributed by atoms with Crippen molar-refractivity contribution in [1.29, 1.82) is 5.26 Å². The summed E-state index contributed by atoms with van der Waals surface area (Å²) >= 11 is 1.17. The van der Waals surface area contributed by atoms with E-state index in [0.29, 0.717) is 31.5 Å². The lowest BCUT2D eigenvalue weighted by atomic mass is 10.1. The van der Waals surface area contributed by atoms with Gasteiger partial charge in [-0.15, -0.1) is 11.3 Å². The second-order valence-electron chi connectivity index (χ2n) is 4.16. The first-order valence-electron chi connectivity index (χ1n) is 6.11. The van der Waals surface area contributed by atoms with Crippen LogP contribution in [0, 0.1) is 18.3 Å². The fourth-order valence-electron chi connectivity index (χ4n) is 1.85. The molecule has 2 rings (SSSR count). The molecule has 0 fully saturated rings. The third-order valence-electron chi connectivity index (χ3n) is 2.94. The van der Waals surface area contributed by atoms with Crippen molar-refractivity contribution in [2.24, 2.45) is 0 Å². The monoisotopic (exact) mass is 303 g/mol. The van der Waals surface area contributed by atoms with Gasteiger partial charge < -0.3 is 0 Å². The van der Waals surface area contributed by atoms with Crippen LogP contribution in [-0.2, 0) is 10.8 Å². The third kappa shape index (κ3) is 2.58. The lowest BCUT2D eigenvalue weighted by Gasteiger charge is -1.98. The van der Waals surface area contributed by atoms with Crippen molar-refractivity contribution >= 4 is 27.9 Å². The first kappa shape index (κ1) is 14.6. The standard InChI is InChI=1S/C15H13NO2S2/c1-3-20(18)15-12(9-16)10(2)14(19-15)13(17)11-7-5-4-6-8-11/h4-8H,3H2,1-2H3. The molecule has 5 heteroatoms. The van der Waals surface area contributed by atoms with Crippen LogP contribution in [0.1, 0.15) is 33.3 Å². The molecule has 0 N–H and O–H groups in total. The quantitative estimate of drug-likeness (QED) is 0.814.